The molecule has 0 fully saturated rings. The normalized spacial score (nSPS) is 12.2. The number of hydrogen-bond donors (Lipinski definition) is 0. The Labute approximate surface area is 139 Å². The minimum atomic E-state index is 0.287. The highest BCUT2D eigenvalue weighted by Crippen LogP contribution is 2.35. The summed E-state index contributed by atoms with van der Waals surface area (Å²) in [4.78, 5) is 0. The predicted octanol–water partition coefficient (Wildman–Crippen LogP) is 6.10. The molecule has 0 N–H and O–H groups in total. The molecule has 3 rings (SSSR count). The lowest BCUT2D eigenvalue weighted by atomic mass is 9.81. The highest BCUT2D eigenvalue weighted by Gasteiger charge is 2.19. The molecule has 0 amide bonds. The van der Waals surface area contributed by atoms with Crippen LogP contribution in [0.5, 0.6) is 0 Å². The average Bonchev–Trinajstić information content (AvgIpc) is 2.56. The van der Waals surface area contributed by atoms with Crippen LogP contribution in [0.15, 0.2) is 66.7 Å². The van der Waals surface area contributed by atoms with E-state index < -0.39 is 0 Å². The molecule has 1 atom stereocenters. The Balaban J connectivity index is 2.22. The van der Waals surface area contributed by atoms with Gasteiger partial charge in [-0.15, -0.1) is 0 Å². The Morgan fingerprint density at radius 2 is 1.30 bits per heavy atom. The van der Waals surface area contributed by atoms with E-state index in [0.29, 0.717) is 0 Å². The summed E-state index contributed by atoms with van der Waals surface area (Å²) in [5.41, 5.74) is 9.57. The molecular weight excluding hydrogens is 276 g/mol. The second-order valence-corrected chi connectivity index (χ2v) is 6.48. The van der Waals surface area contributed by atoms with Crippen LogP contribution in [0.3, 0.4) is 0 Å². The van der Waals surface area contributed by atoms with Crippen LogP contribution in [0, 0.1) is 27.7 Å². The van der Waals surface area contributed by atoms with Crippen LogP contribution < -0.4 is 0 Å². The summed E-state index contributed by atoms with van der Waals surface area (Å²) < 4.78 is 0. The van der Waals surface area contributed by atoms with Gasteiger partial charge in [-0.1, -0.05) is 66.7 Å². The summed E-state index contributed by atoms with van der Waals surface area (Å²) in [5, 5.41) is 0. The first-order chi connectivity index (χ1) is 11.1. The van der Waals surface area contributed by atoms with Crippen molar-refractivity contribution in [3.8, 4) is 0 Å². The third-order valence-corrected chi connectivity index (χ3v) is 4.95. The van der Waals surface area contributed by atoms with Crippen molar-refractivity contribution in [3.05, 3.63) is 106 Å². The molecule has 0 radical (unpaired) electrons. The fourth-order valence-electron chi connectivity index (χ4n) is 3.23. The summed E-state index contributed by atoms with van der Waals surface area (Å²) >= 11 is 0. The van der Waals surface area contributed by atoms with Crippen LogP contribution in [-0.4, -0.2) is 0 Å². The largest absolute Gasteiger partial charge is 0.0622 e. The first-order valence-electron chi connectivity index (χ1n) is 8.26. The van der Waals surface area contributed by atoms with Crippen molar-refractivity contribution in [3.63, 3.8) is 0 Å². The summed E-state index contributed by atoms with van der Waals surface area (Å²) in [7, 11) is 0. The molecule has 23 heavy (non-hydrogen) atoms. The molecule has 0 aliphatic heterocycles. The molecule has 0 heteroatoms. The van der Waals surface area contributed by atoms with E-state index in [1.54, 1.807) is 0 Å². The smallest absolute Gasteiger partial charge is 0.0342 e. The van der Waals surface area contributed by atoms with Crippen LogP contribution in [-0.2, 0) is 0 Å². The van der Waals surface area contributed by atoms with Crippen LogP contribution >= 0.6 is 0 Å². The van der Waals surface area contributed by atoms with Gasteiger partial charge in [-0.25, -0.2) is 0 Å². The molecule has 1 unspecified atom stereocenters. The molecular formula is C23H24. The lowest BCUT2D eigenvalue weighted by molar-refractivity contribution is 0.953. The zero-order chi connectivity index (χ0) is 16.4. The van der Waals surface area contributed by atoms with Gasteiger partial charge >= 0.3 is 0 Å². The maximum absolute atomic E-state index is 2.34. The molecule has 3 aromatic carbocycles. The zero-order valence-corrected chi connectivity index (χ0v) is 14.4. The van der Waals surface area contributed by atoms with Gasteiger partial charge in [0.1, 0.15) is 0 Å². The second-order valence-electron chi connectivity index (χ2n) is 6.48. The minimum Gasteiger partial charge on any atom is -0.0622 e. The van der Waals surface area contributed by atoms with Crippen molar-refractivity contribution < 1.29 is 0 Å². The van der Waals surface area contributed by atoms with Crippen molar-refractivity contribution in [1.82, 2.24) is 0 Å². The van der Waals surface area contributed by atoms with Crippen LogP contribution in [0.1, 0.15) is 44.9 Å². The summed E-state index contributed by atoms with van der Waals surface area (Å²) in [6.07, 6.45) is 0. The van der Waals surface area contributed by atoms with Crippen LogP contribution in [0.25, 0.3) is 0 Å². The third kappa shape index (κ3) is 3.07. The topological polar surface area (TPSA) is 0 Å². The third-order valence-electron chi connectivity index (χ3n) is 4.95. The molecule has 116 valence electrons. The maximum atomic E-state index is 2.34. The summed E-state index contributed by atoms with van der Waals surface area (Å²) in [6.45, 7) is 8.81. The van der Waals surface area contributed by atoms with E-state index in [9.17, 15) is 0 Å². The van der Waals surface area contributed by atoms with Gasteiger partial charge < -0.3 is 0 Å². The first kappa shape index (κ1) is 15.6. The van der Waals surface area contributed by atoms with Crippen LogP contribution in [0.2, 0.25) is 0 Å². The molecule has 0 aliphatic carbocycles. The monoisotopic (exact) mass is 300 g/mol. The Hall–Kier alpha value is -2.34. The van der Waals surface area contributed by atoms with E-state index in [4.69, 9.17) is 0 Å². The van der Waals surface area contributed by atoms with E-state index in [0.717, 1.165) is 0 Å². The number of aryl methyl sites for hydroxylation is 3. The number of benzene rings is 3. The van der Waals surface area contributed by atoms with E-state index in [1.165, 1.54) is 38.9 Å². The second kappa shape index (κ2) is 6.42. The van der Waals surface area contributed by atoms with E-state index in [2.05, 4.69) is 94.4 Å². The van der Waals surface area contributed by atoms with Crippen LogP contribution in [0.4, 0.5) is 0 Å². The van der Waals surface area contributed by atoms with E-state index in [1.807, 2.05) is 0 Å². The molecule has 0 aliphatic rings. The van der Waals surface area contributed by atoms with Gasteiger partial charge in [-0.3, -0.25) is 0 Å². The van der Waals surface area contributed by atoms with Gasteiger partial charge in [-0.05, 0) is 66.6 Å². The first-order valence-corrected chi connectivity index (χ1v) is 8.26. The Morgan fingerprint density at radius 1 is 0.565 bits per heavy atom. The highest BCUT2D eigenvalue weighted by molar-refractivity contribution is 5.49. The van der Waals surface area contributed by atoms with E-state index in [-0.39, 0.29) is 5.92 Å². The van der Waals surface area contributed by atoms with E-state index >= 15 is 0 Å². The fourth-order valence-corrected chi connectivity index (χ4v) is 3.23. The molecule has 0 saturated carbocycles. The quantitative estimate of drug-likeness (QED) is 0.513. The van der Waals surface area contributed by atoms with Gasteiger partial charge in [0.25, 0.3) is 0 Å². The van der Waals surface area contributed by atoms with Gasteiger partial charge in [0.2, 0.25) is 0 Å². The van der Waals surface area contributed by atoms with Gasteiger partial charge in [0, 0.05) is 5.92 Å². The van der Waals surface area contributed by atoms with Crippen molar-refractivity contribution in [2.24, 2.45) is 0 Å². The highest BCUT2D eigenvalue weighted by atomic mass is 14.2. The average molecular weight is 300 g/mol. The van der Waals surface area contributed by atoms with Crippen molar-refractivity contribution in [2.45, 2.75) is 33.6 Å². The van der Waals surface area contributed by atoms with Gasteiger partial charge in [-0.2, -0.15) is 0 Å². The minimum absolute atomic E-state index is 0.287. The molecule has 0 spiro atoms. The van der Waals surface area contributed by atoms with Crippen molar-refractivity contribution in [1.29, 1.82) is 0 Å². The Kier molecular flexibility index (Phi) is 4.34. The zero-order valence-electron chi connectivity index (χ0n) is 14.4. The number of rotatable bonds is 3. The standard InChI is InChI=1S/C23H24/c1-16-13-14-21(15-18(16)3)23(20-10-6-5-7-11-20)22-12-8-9-17(2)19(22)4/h5-15,23H,1-4H3. The number of hydrogen-bond acceptors (Lipinski definition) is 0. The molecule has 0 saturated heterocycles. The molecule has 0 bridgehead atoms. The fraction of sp³-hybridized carbons (Fsp3) is 0.217. The predicted molar refractivity (Wildman–Crippen MR) is 99.2 cm³/mol. The lowest BCUT2D eigenvalue weighted by Gasteiger charge is -2.22. The van der Waals surface area contributed by atoms with Crippen molar-refractivity contribution >= 4 is 0 Å². The molecule has 3 aromatic rings. The molecule has 0 aromatic heterocycles. The summed E-state index contributed by atoms with van der Waals surface area (Å²) in [6, 6.07) is 24.3. The maximum Gasteiger partial charge on any atom is 0.0342 e. The van der Waals surface area contributed by atoms with Gasteiger partial charge in [0.05, 0.1) is 0 Å². The Morgan fingerprint density at radius 3 is 2.00 bits per heavy atom. The SMILES string of the molecule is Cc1ccc(C(c2ccccc2)c2cccc(C)c2C)cc1C. The molecule has 0 nitrogen and oxygen atoms in total. The van der Waals surface area contributed by atoms with Gasteiger partial charge in [0.15, 0.2) is 0 Å². The molecule has 0 heterocycles. The van der Waals surface area contributed by atoms with Crippen molar-refractivity contribution in [2.75, 3.05) is 0 Å². The summed E-state index contributed by atoms with van der Waals surface area (Å²) in [5.74, 6) is 0.287. The lowest BCUT2D eigenvalue weighted by Crippen LogP contribution is -2.06. The Bertz CT molecular complexity index is 813.